The maximum Gasteiger partial charge on any atom is 0.148 e. The van der Waals surface area contributed by atoms with Crippen molar-refractivity contribution in [2.75, 3.05) is 20.0 Å². The van der Waals surface area contributed by atoms with E-state index in [4.69, 9.17) is 15.9 Å². The minimum atomic E-state index is 0.332. The molecule has 0 spiro atoms. The topological polar surface area (TPSA) is 18.5 Å². The molecule has 0 amide bonds. The standard InChI is InChI=1S/C12H22O2/c1-3-5-6-7-8-9-11-14-12-13-10-4-2/h2H,3,5-12H2,1H3. The van der Waals surface area contributed by atoms with Crippen LogP contribution in [0.1, 0.15) is 45.4 Å². The van der Waals surface area contributed by atoms with Gasteiger partial charge in [0.2, 0.25) is 0 Å². The molecule has 0 aliphatic heterocycles. The third-order valence-corrected chi connectivity index (χ3v) is 1.99. The summed E-state index contributed by atoms with van der Waals surface area (Å²) in [5.74, 6) is 2.39. The highest BCUT2D eigenvalue weighted by Gasteiger charge is 1.90. The van der Waals surface area contributed by atoms with E-state index in [1.165, 1.54) is 32.1 Å². The third kappa shape index (κ3) is 11.5. The monoisotopic (exact) mass is 198 g/mol. The number of rotatable bonds is 10. The lowest BCUT2D eigenvalue weighted by Gasteiger charge is -2.03. The van der Waals surface area contributed by atoms with Crippen LogP contribution in [0.5, 0.6) is 0 Å². The van der Waals surface area contributed by atoms with E-state index in [1.807, 2.05) is 0 Å². The van der Waals surface area contributed by atoms with Crippen LogP contribution in [0.25, 0.3) is 0 Å². The molecule has 0 saturated heterocycles. The van der Waals surface area contributed by atoms with Gasteiger partial charge in [-0.05, 0) is 6.42 Å². The molecule has 82 valence electrons. The van der Waals surface area contributed by atoms with Gasteiger partial charge in [0.05, 0.1) is 0 Å². The molecular weight excluding hydrogens is 176 g/mol. The number of hydrogen-bond acceptors (Lipinski definition) is 2. The molecule has 0 bridgehead atoms. The molecule has 0 aliphatic carbocycles. The summed E-state index contributed by atoms with van der Waals surface area (Å²) in [6, 6.07) is 0. The van der Waals surface area contributed by atoms with Gasteiger partial charge >= 0.3 is 0 Å². The van der Waals surface area contributed by atoms with E-state index in [9.17, 15) is 0 Å². The van der Waals surface area contributed by atoms with Crippen LogP contribution in [-0.4, -0.2) is 20.0 Å². The van der Waals surface area contributed by atoms with Gasteiger partial charge in [-0.1, -0.05) is 44.9 Å². The van der Waals surface area contributed by atoms with Crippen molar-refractivity contribution in [3.8, 4) is 12.3 Å². The molecule has 0 atom stereocenters. The fourth-order valence-corrected chi connectivity index (χ4v) is 1.20. The molecule has 0 aromatic carbocycles. The van der Waals surface area contributed by atoms with E-state index in [-0.39, 0.29) is 0 Å². The second kappa shape index (κ2) is 12.5. The Bertz CT molecular complexity index is 138. The summed E-state index contributed by atoms with van der Waals surface area (Å²) in [5, 5.41) is 0. The first kappa shape index (κ1) is 13.5. The molecule has 0 aromatic rings. The molecule has 0 unspecified atom stereocenters. The van der Waals surface area contributed by atoms with Crippen LogP contribution in [0.4, 0.5) is 0 Å². The van der Waals surface area contributed by atoms with Gasteiger partial charge in [0.25, 0.3) is 0 Å². The molecule has 2 nitrogen and oxygen atoms in total. The number of hydrogen-bond donors (Lipinski definition) is 0. The Balaban J connectivity index is 2.82. The minimum Gasteiger partial charge on any atom is -0.355 e. The Morgan fingerprint density at radius 3 is 2.43 bits per heavy atom. The molecule has 0 N–H and O–H groups in total. The smallest absolute Gasteiger partial charge is 0.148 e. The first-order valence-electron chi connectivity index (χ1n) is 5.50. The average Bonchev–Trinajstić information content (AvgIpc) is 2.21. The predicted octanol–water partition coefficient (Wildman–Crippen LogP) is 2.97. The van der Waals surface area contributed by atoms with Crippen LogP contribution in [0.15, 0.2) is 0 Å². The summed E-state index contributed by atoms with van der Waals surface area (Å²) in [6.07, 6.45) is 12.7. The van der Waals surface area contributed by atoms with Gasteiger partial charge in [-0.2, -0.15) is 0 Å². The van der Waals surface area contributed by atoms with Crippen molar-refractivity contribution in [2.45, 2.75) is 45.4 Å². The molecule has 0 rings (SSSR count). The normalized spacial score (nSPS) is 10.0. The van der Waals surface area contributed by atoms with Crippen molar-refractivity contribution in [1.82, 2.24) is 0 Å². The van der Waals surface area contributed by atoms with E-state index in [2.05, 4.69) is 12.8 Å². The van der Waals surface area contributed by atoms with Crippen LogP contribution in [0.3, 0.4) is 0 Å². The van der Waals surface area contributed by atoms with Gasteiger partial charge in [-0.3, -0.25) is 0 Å². The van der Waals surface area contributed by atoms with Crippen molar-refractivity contribution in [3.63, 3.8) is 0 Å². The van der Waals surface area contributed by atoms with Crippen LogP contribution in [0.2, 0.25) is 0 Å². The molecule has 2 heteroatoms. The van der Waals surface area contributed by atoms with E-state index in [1.54, 1.807) is 0 Å². The molecule has 0 heterocycles. The SMILES string of the molecule is C#CCOCOCCCCCCCC. The zero-order valence-electron chi connectivity index (χ0n) is 9.26. The molecule has 0 aliphatic rings. The molecule has 0 radical (unpaired) electrons. The summed E-state index contributed by atoms with van der Waals surface area (Å²) >= 11 is 0. The van der Waals surface area contributed by atoms with E-state index < -0.39 is 0 Å². The highest BCUT2D eigenvalue weighted by molar-refractivity contribution is 4.82. The zero-order valence-corrected chi connectivity index (χ0v) is 9.26. The fraction of sp³-hybridized carbons (Fsp3) is 0.833. The summed E-state index contributed by atoms with van der Waals surface area (Å²) < 4.78 is 10.2. The second-order valence-corrected chi connectivity index (χ2v) is 3.35. The first-order chi connectivity index (χ1) is 6.91. The van der Waals surface area contributed by atoms with Crippen molar-refractivity contribution in [3.05, 3.63) is 0 Å². The van der Waals surface area contributed by atoms with Crippen molar-refractivity contribution < 1.29 is 9.47 Å². The molecular formula is C12H22O2. The third-order valence-electron chi connectivity index (χ3n) is 1.99. The highest BCUT2D eigenvalue weighted by Crippen LogP contribution is 2.04. The maximum absolute atomic E-state index is 5.22. The lowest BCUT2D eigenvalue weighted by Crippen LogP contribution is -2.01. The van der Waals surface area contributed by atoms with Crippen LogP contribution in [-0.2, 0) is 9.47 Å². The number of terminal acetylenes is 1. The Morgan fingerprint density at radius 1 is 1.00 bits per heavy atom. The average molecular weight is 198 g/mol. The maximum atomic E-state index is 5.22. The van der Waals surface area contributed by atoms with Gasteiger partial charge in [0.1, 0.15) is 13.4 Å². The minimum absolute atomic E-state index is 0.332. The molecule has 0 fully saturated rings. The van der Waals surface area contributed by atoms with Crippen LogP contribution in [0, 0.1) is 12.3 Å². The van der Waals surface area contributed by atoms with E-state index >= 15 is 0 Å². The van der Waals surface area contributed by atoms with Gasteiger partial charge in [0, 0.05) is 6.61 Å². The predicted molar refractivity (Wildman–Crippen MR) is 59.0 cm³/mol. The molecule has 14 heavy (non-hydrogen) atoms. The Morgan fingerprint density at radius 2 is 1.71 bits per heavy atom. The largest absolute Gasteiger partial charge is 0.355 e. The first-order valence-corrected chi connectivity index (χ1v) is 5.50. The number of unbranched alkanes of at least 4 members (excludes halogenated alkanes) is 5. The Hall–Kier alpha value is -0.520. The number of ether oxygens (including phenoxy) is 2. The summed E-state index contributed by atoms with van der Waals surface area (Å²) in [5.41, 5.74) is 0. The Labute approximate surface area is 88.0 Å². The summed E-state index contributed by atoms with van der Waals surface area (Å²) in [6.45, 7) is 3.69. The quantitative estimate of drug-likeness (QED) is 0.305. The van der Waals surface area contributed by atoms with E-state index in [0.717, 1.165) is 13.0 Å². The molecule has 0 saturated carbocycles. The van der Waals surface area contributed by atoms with Crippen molar-refractivity contribution in [1.29, 1.82) is 0 Å². The summed E-state index contributed by atoms with van der Waals surface area (Å²) in [4.78, 5) is 0. The van der Waals surface area contributed by atoms with Gasteiger partial charge < -0.3 is 9.47 Å². The lowest BCUT2D eigenvalue weighted by molar-refractivity contribution is -0.0431. The highest BCUT2D eigenvalue weighted by atomic mass is 16.7. The second-order valence-electron chi connectivity index (χ2n) is 3.35. The van der Waals surface area contributed by atoms with E-state index in [0.29, 0.717) is 13.4 Å². The van der Waals surface area contributed by atoms with Gasteiger partial charge in [-0.25, -0.2) is 0 Å². The fourth-order valence-electron chi connectivity index (χ4n) is 1.20. The zero-order chi connectivity index (χ0) is 10.5. The van der Waals surface area contributed by atoms with Gasteiger partial charge in [0.15, 0.2) is 0 Å². The molecule has 0 aromatic heterocycles. The van der Waals surface area contributed by atoms with Crippen LogP contribution < -0.4 is 0 Å². The summed E-state index contributed by atoms with van der Waals surface area (Å²) in [7, 11) is 0. The lowest BCUT2D eigenvalue weighted by atomic mass is 10.1. The van der Waals surface area contributed by atoms with Gasteiger partial charge in [-0.15, -0.1) is 6.42 Å². The van der Waals surface area contributed by atoms with Crippen molar-refractivity contribution >= 4 is 0 Å². The van der Waals surface area contributed by atoms with Crippen LogP contribution >= 0.6 is 0 Å². The Kier molecular flexibility index (Phi) is 12.0. The van der Waals surface area contributed by atoms with Crippen molar-refractivity contribution in [2.24, 2.45) is 0 Å².